The molecule has 0 saturated heterocycles. The van der Waals surface area contributed by atoms with E-state index in [0.29, 0.717) is 28.8 Å². The van der Waals surface area contributed by atoms with Gasteiger partial charge in [0.2, 0.25) is 0 Å². The second kappa shape index (κ2) is 8.14. The zero-order valence-electron chi connectivity index (χ0n) is 19.0. The van der Waals surface area contributed by atoms with Crippen LogP contribution in [0.4, 0.5) is 5.82 Å². The summed E-state index contributed by atoms with van der Waals surface area (Å²) in [5, 5.41) is 18.5. The first-order valence-corrected chi connectivity index (χ1v) is 10.6. The lowest BCUT2D eigenvalue weighted by Gasteiger charge is -2.21. The number of aryl methyl sites for hydroxylation is 3. The van der Waals surface area contributed by atoms with E-state index in [2.05, 4.69) is 25.4 Å². The number of anilines is 1. The maximum Gasteiger partial charge on any atom is 0.326 e. The number of carboxylic acids is 1. The van der Waals surface area contributed by atoms with Gasteiger partial charge in [0, 0.05) is 16.5 Å². The lowest BCUT2D eigenvalue weighted by Crippen LogP contribution is -2.35. The third-order valence-corrected chi connectivity index (χ3v) is 5.96. The Hall–Kier alpha value is -3.62. The predicted octanol–water partition coefficient (Wildman–Crippen LogP) is 4.61. The number of hydrogen-bond donors (Lipinski definition) is 3. The molecule has 2 atom stereocenters. The molecule has 0 aliphatic carbocycles. The number of H-pyrrole nitrogens is 1. The number of ether oxygens (including phenoxy) is 1. The molecule has 9 nitrogen and oxygen atoms in total. The van der Waals surface area contributed by atoms with Gasteiger partial charge in [-0.25, -0.2) is 14.8 Å². The van der Waals surface area contributed by atoms with E-state index in [1.165, 1.54) is 0 Å². The Bertz CT molecular complexity index is 1300. The van der Waals surface area contributed by atoms with E-state index in [4.69, 9.17) is 9.26 Å². The zero-order chi connectivity index (χ0) is 23.2. The molecule has 1 aromatic carbocycles. The van der Waals surface area contributed by atoms with Crippen molar-refractivity contribution in [2.75, 3.05) is 12.4 Å². The summed E-state index contributed by atoms with van der Waals surface area (Å²) in [7, 11) is 1.61. The molecule has 0 fully saturated rings. The van der Waals surface area contributed by atoms with E-state index in [1.54, 1.807) is 14.0 Å². The standard InChI is InChI=1S/C23H27N5O4/c1-7-10(2)20(23(29)30)27-22-19-14-9-17(31-6)15(18-11(3)28-32-12(18)4)8-16(14)26-21(19)24-13(5)25-22/h8-10,20H,7H2,1-6H3,(H,29,30)(H2,24,25,26,27)/t10-,20-/m0/s1. The molecule has 3 N–H and O–H groups in total. The summed E-state index contributed by atoms with van der Waals surface area (Å²) in [6.07, 6.45) is 0.722. The van der Waals surface area contributed by atoms with E-state index in [9.17, 15) is 9.90 Å². The van der Waals surface area contributed by atoms with Crippen molar-refractivity contribution in [2.45, 2.75) is 47.1 Å². The monoisotopic (exact) mass is 437 g/mol. The molecule has 0 spiro atoms. The third kappa shape index (κ3) is 3.53. The number of methoxy groups -OCH3 is 1. The molecule has 168 valence electrons. The number of aromatic amines is 1. The van der Waals surface area contributed by atoms with Crippen molar-refractivity contribution in [1.82, 2.24) is 20.1 Å². The van der Waals surface area contributed by atoms with Crippen molar-refractivity contribution in [3.05, 3.63) is 29.4 Å². The Balaban J connectivity index is 1.96. The van der Waals surface area contributed by atoms with Crippen LogP contribution in [-0.4, -0.2) is 44.3 Å². The lowest BCUT2D eigenvalue weighted by atomic mass is 9.99. The number of hydrogen-bond acceptors (Lipinski definition) is 7. The Labute approximate surface area is 185 Å². The Morgan fingerprint density at radius 1 is 1.28 bits per heavy atom. The Morgan fingerprint density at radius 3 is 2.62 bits per heavy atom. The van der Waals surface area contributed by atoms with Gasteiger partial charge in [-0.3, -0.25) is 0 Å². The highest BCUT2D eigenvalue weighted by Crippen LogP contribution is 2.40. The van der Waals surface area contributed by atoms with Crippen LogP contribution in [0, 0.1) is 26.7 Å². The molecule has 0 aliphatic rings. The molecule has 3 heterocycles. The van der Waals surface area contributed by atoms with Crippen LogP contribution < -0.4 is 10.1 Å². The number of fused-ring (bicyclic) bond motifs is 3. The van der Waals surface area contributed by atoms with Crippen LogP contribution >= 0.6 is 0 Å². The molecule has 0 radical (unpaired) electrons. The molecule has 4 aromatic rings. The fraction of sp³-hybridized carbons (Fsp3) is 0.391. The lowest BCUT2D eigenvalue weighted by molar-refractivity contribution is -0.139. The Morgan fingerprint density at radius 2 is 2.03 bits per heavy atom. The number of benzene rings is 1. The molecule has 9 heteroatoms. The predicted molar refractivity (Wildman–Crippen MR) is 122 cm³/mol. The fourth-order valence-corrected chi connectivity index (χ4v) is 4.10. The normalized spacial score (nSPS) is 13.4. The average molecular weight is 438 g/mol. The second-order valence-electron chi connectivity index (χ2n) is 8.11. The first kappa shape index (κ1) is 21.6. The van der Waals surface area contributed by atoms with Crippen molar-refractivity contribution in [2.24, 2.45) is 5.92 Å². The van der Waals surface area contributed by atoms with Gasteiger partial charge in [0.1, 0.15) is 34.8 Å². The summed E-state index contributed by atoms with van der Waals surface area (Å²) in [5.41, 5.74) is 3.96. The highest BCUT2D eigenvalue weighted by atomic mass is 16.5. The van der Waals surface area contributed by atoms with Crippen LogP contribution in [0.5, 0.6) is 5.75 Å². The number of carbonyl (C=O) groups is 1. The summed E-state index contributed by atoms with van der Waals surface area (Å²) in [6.45, 7) is 9.41. The number of nitrogens with one attached hydrogen (secondary N) is 2. The number of aliphatic carboxylic acids is 1. The zero-order valence-corrected chi connectivity index (χ0v) is 19.0. The SMILES string of the molecule is CC[C@H](C)[C@H](Nc1nc(C)nc2[nH]c3cc(-c4c(C)noc4C)c(OC)cc3c12)C(=O)O. The topological polar surface area (TPSA) is 126 Å². The van der Waals surface area contributed by atoms with Gasteiger partial charge in [-0.2, -0.15) is 0 Å². The number of carboxylic acid groups (broad SMARTS) is 1. The first-order chi connectivity index (χ1) is 15.2. The van der Waals surface area contributed by atoms with Gasteiger partial charge >= 0.3 is 5.97 Å². The summed E-state index contributed by atoms with van der Waals surface area (Å²) >= 11 is 0. The highest BCUT2D eigenvalue weighted by molar-refractivity contribution is 6.13. The van der Waals surface area contributed by atoms with Gasteiger partial charge in [-0.05, 0) is 38.8 Å². The molecule has 0 aliphatic heterocycles. The van der Waals surface area contributed by atoms with E-state index in [0.717, 1.165) is 39.5 Å². The van der Waals surface area contributed by atoms with Gasteiger partial charge in [-0.1, -0.05) is 25.4 Å². The maximum absolute atomic E-state index is 11.9. The highest BCUT2D eigenvalue weighted by Gasteiger charge is 2.26. The second-order valence-corrected chi connectivity index (χ2v) is 8.11. The van der Waals surface area contributed by atoms with Crippen molar-refractivity contribution in [3.63, 3.8) is 0 Å². The van der Waals surface area contributed by atoms with Gasteiger partial charge < -0.3 is 24.7 Å². The van der Waals surface area contributed by atoms with Crippen molar-refractivity contribution < 1.29 is 19.2 Å². The smallest absolute Gasteiger partial charge is 0.326 e. The quantitative estimate of drug-likeness (QED) is 0.383. The number of nitrogens with zero attached hydrogens (tertiary/aromatic N) is 3. The van der Waals surface area contributed by atoms with E-state index in [1.807, 2.05) is 39.8 Å². The van der Waals surface area contributed by atoms with Crippen molar-refractivity contribution >= 4 is 33.7 Å². The number of aromatic nitrogens is 4. The van der Waals surface area contributed by atoms with Crippen molar-refractivity contribution in [1.29, 1.82) is 0 Å². The fourth-order valence-electron chi connectivity index (χ4n) is 4.10. The van der Waals surface area contributed by atoms with E-state index >= 15 is 0 Å². The van der Waals surface area contributed by atoms with Crippen LogP contribution in [0.15, 0.2) is 16.7 Å². The van der Waals surface area contributed by atoms with Gasteiger partial charge in [0.05, 0.1) is 23.8 Å². The van der Waals surface area contributed by atoms with Crippen LogP contribution in [0.2, 0.25) is 0 Å². The maximum atomic E-state index is 11.9. The van der Waals surface area contributed by atoms with Gasteiger partial charge in [0.25, 0.3) is 0 Å². The minimum Gasteiger partial charge on any atom is -0.496 e. The summed E-state index contributed by atoms with van der Waals surface area (Å²) < 4.78 is 11.1. The van der Waals surface area contributed by atoms with Gasteiger partial charge in [-0.15, -0.1) is 0 Å². The molecule has 0 unspecified atom stereocenters. The summed E-state index contributed by atoms with van der Waals surface area (Å²) in [4.78, 5) is 24.4. The van der Waals surface area contributed by atoms with Crippen LogP contribution in [0.25, 0.3) is 33.1 Å². The van der Waals surface area contributed by atoms with Crippen molar-refractivity contribution in [3.8, 4) is 16.9 Å². The largest absolute Gasteiger partial charge is 0.496 e. The molecule has 0 saturated carbocycles. The molecule has 32 heavy (non-hydrogen) atoms. The average Bonchev–Trinajstić information content (AvgIpc) is 3.28. The summed E-state index contributed by atoms with van der Waals surface area (Å²) in [5.74, 6) is 1.38. The Kier molecular flexibility index (Phi) is 5.50. The molecular formula is C23H27N5O4. The third-order valence-electron chi connectivity index (χ3n) is 5.96. The molecule has 0 amide bonds. The van der Waals surface area contributed by atoms with Crippen LogP contribution in [0.1, 0.15) is 37.5 Å². The van der Waals surface area contributed by atoms with Gasteiger partial charge in [0.15, 0.2) is 0 Å². The first-order valence-electron chi connectivity index (χ1n) is 10.6. The summed E-state index contributed by atoms with van der Waals surface area (Å²) in [6, 6.07) is 3.12. The van der Waals surface area contributed by atoms with Crippen LogP contribution in [-0.2, 0) is 4.79 Å². The molecule has 4 rings (SSSR count). The molecular weight excluding hydrogens is 410 g/mol. The molecule has 0 bridgehead atoms. The van der Waals surface area contributed by atoms with E-state index in [-0.39, 0.29) is 5.92 Å². The van der Waals surface area contributed by atoms with Crippen LogP contribution in [0.3, 0.4) is 0 Å². The minimum atomic E-state index is -0.915. The minimum absolute atomic E-state index is 0.0799. The number of rotatable bonds is 7. The van der Waals surface area contributed by atoms with E-state index < -0.39 is 12.0 Å². The molecule has 3 aromatic heterocycles.